The molecule has 0 aliphatic heterocycles. The third-order valence-electron chi connectivity index (χ3n) is 4.76. The fraction of sp³-hybridized carbons (Fsp3) is 0.167. The fourth-order valence-electron chi connectivity index (χ4n) is 3.27. The number of hydrogen-bond acceptors (Lipinski definition) is 3. The first-order chi connectivity index (χ1) is 13.7. The summed E-state index contributed by atoms with van der Waals surface area (Å²) in [6, 6.07) is 24.5. The molecule has 0 aliphatic carbocycles. The largest absolute Gasteiger partial charge is 0.340 e. The number of benzene rings is 3. The van der Waals surface area contributed by atoms with Crippen molar-refractivity contribution in [1.82, 2.24) is 9.97 Å². The van der Waals surface area contributed by atoms with E-state index in [0.29, 0.717) is 6.42 Å². The Kier molecular flexibility index (Phi) is 5.29. The van der Waals surface area contributed by atoms with Crippen LogP contribution >= 0.6 is 0 Å². The van der Waals surface area contributed by atoms with Crippen LogP contribution in [-0.2, 0) is 6.42 Å². The minimum Gasteiger partial charge on any atom is -0.340 e. The second-order valence-corrected chi connectivity index (χ2v) is 6.97. The average molecular weight is 371 g/mol. The Morgan fingerprint density at radius 3 is 2.54 bits per heavy atom. The highest BCUT2D eigenvalue weighted by atomic mass is 19.1. The molecule has 140 valence electrons. The van der Waals surface area contributed by atoms with Gasteiger partial charge < -0.3 is 5.32 Å². The molecule has 28 heavy (non-hydrogen) atoms. The maximum atomic E-state index is 13.2. The Morgan fingerprint density at radius 1 is 0.893 bits per heavy atom. The summed E-state index contributed by atoms with van der Waals surface area (Å²) in [6.07, 6.45) is 2.07. The molecule has 4 rings (SSSR count). The topological polar surface area (TPSA) is 37.8 Å². The summed E-state index contributed by atoms with van der Waals surface area (Å²) in [5.74, 6) is 0.778. The van der Waals surface area contributed by atoms with E-state index < -0.39 is 6.17 Å². The lowest BCUT2D eigenvalue weighted by atomic mass is 9.99. The number of para-hydroxylation sites is 1. The van der Waals surface area contributed by atoms with Crippen LogP contribution in [-0.4, -0.2) is 16.1 Å². The van der Waals surface area contributed by atoms with Gasteiger partial charge in [-0.1, -0.05) is 48.5 Å². The monoisotopic (exact) mass is 371 g/mol. The highest BCUT2D eigenvalue weighted by molar-refractivity contribution is 5.93. The lowest BCUT2D eigenvalue weighted by molar-refractivity contribution is 0.341. The van der Waals surface area contributed by atoms with E-state index in [2.05, 4.69) is 45.6 Å². The number of aryl methyl sites for hydroxylation is 1. The summed E-state index contributed by atoms with van der Waals surface area (Å²) in [4.78, 5) is 8.83. The van der Waals surface area contributed by atoms with Crippen LogP contribution in [0.2, 0.25) is 0 Å². The third-order valence-corrected chi connectivity index (χ3v) is 4.76. The van der Waals surface area contributed by atoms with Crippen molar-refractivity contribution >= 4 is 22.4 Å². The van der Waals surface area contributed by atoms with Crippen molar-refractivity contribution in [2.45, 2.75) is 25.9 Å². The Morgan fingerprint density at radius 2 is 1.71 bits per heavy atom. The number of aromatic nitrogens is 2. The van der Waals surface area contributed by atoms with Crippen molar-refractivity contribution in [2.24, 2.45) is 0 Å². The minimum absolute atomic E-state index is 0.542. The molecule has 3 aromatic carbocycles. The van der Waals surface area contributed by atoms with E-state index in [1.807, 2.05) is 42.5 Å². The molecule has 0 bridgehead atoms. The van der Waals surface area contributed by atoms with Gasteiger partial charge in [0, 0.05) is 11.1 Å². The van der Waals surface area contributed by atoms with E-state index in [1.165, 1.54) is 0 Å². The predicted octanol–water partition coefficient (Wildman–Crippen LogP) is 6.33. The van der Waals surface area contributed by atoms with Gasteiger partial charge in [0.2, 0.25) is 0 Å². The lowest BCUT2D eigenvalue weighted by Gasteiger charge is -2.11. The Labute approximate surface area is 164 Å². The lowest BCUT2D eigenvalue weighted by Crippen LogP contribution is -1.97. The van der Waals surface area contributed by atoms with E-state index >= 15 is 0 Å². The van der Waals surface area contributed by atoms with Gasteiger partial charge >= 0.3 is 0 Å². The fourth-order valence-corrected chi connectivity index (χ4v) is 3.27. The first-order valence-electron chi connectivity index (χ1n) is 9.49. The Balaban J connectivity index is 1.69. The van der Waals surface area contributed by atoms with Gasteiger partial charge in [-0.05, 0) is 60.7 Å². The van der Waals surface area contributed by atoms with Crippen molar-refractivity contribution in [3.63, 3.8) is 0 Å². The standard InChI is InChI=1S/C24H22FN3/c1-17(25)10-11-18-6-5-7-19(14-18)20-12-13-23-22(15-20)24(27-16-26-23)28-21-8-3-2-4-9-21/h2-9,12-17H,10-11H2,1H3,(H,26,27,28). The molecule has 1 aromatic heterocycles. The first-order valence-corrected chi connectivity index (χ1v) is 9.49. The van der Waals surface area contributed by atoms with E-state index in [9.17, 15) is 4.39 Å². The van der Waals surface area contributed by atoms with E-state index in [0.717, 1.165) is 45.5 Å². The molecule has 0 amide bonds. The molecule has 0 spiro atoms. The highest BCUT2D eigenvalue weighted by Crippen LogP contribution is 2.29. The van der Waals surface area contributed by atoms with Gasteiger partial charge in [-0.15, -0.1) is 0 Å². The highest BCUT2D eigenvalue weighted by Gasteiger charge is 2.08. The number of fused-ring (bicyclic) bond motifs is 1. The van der Waals surface area contributed by atoms with Gasteiger partial charge in [0.05, 0.1) is 11.7 Å². The maximum Gasteiger partial charge on any atom is 0.141 e. The molecule has 1 N–H and O–H groups in total. The van der Waals surface area contributed by atoms with Crippen molar-refractivity contribution in [3.8, 4) is 11.1 Å². The van der Waals surface area contributed by atoms with Crippen LogP contribution in [0.25, 0.3) is 22.0 Å². The number of halogens is 1. The molecule has 0 aliphatic rings. The van der Waals surface area contributed by atoms with Crippen molar-refractivity contribution in [2.75, 3.05) is 5.32 Å². The van der Waals surface area contributed by atoms with E-state index in [4.69, 9.17) is 0 Å². The van der Waals surface area contributed by atoms with Crippen molar-refractivity contribution < 1.29 is 4.39 Å². The molecule has 1 atom stereocenters. The number of nitrogens with zero attached hydrogens (tertiary/aromatic N) is 2. The molecular formula is C24H22FN3. The average Bonchev–Trinajstić information content (AvgIpc) is 2.73. The van der Waals surface area contributed by atoms with Crippen molar-refractivity contribution in [3.05, 3.63) is 84.7 Å². The van der Waals surface area contributed by atoms with Crippen LogP contribution in [0.5, 0.6) is 0 Å². The zero-order chi connectivity index (χ0) is 19.3. The Hall–Kier alpha value is -3.27. The van der Waals surface area contributed by atoms with Gasteiger partial charge in [-0.25, -0.2) is 14.4 Å². The number of hydrogen-bond donors (Lipinski definition) is 1. The molecule has 3 nitrogen and oxygen atoms in total. The number of alkyl halides is 1. The van der Waals surface area contributed by atoms with Gasteiger partial charge in [0.1, 0.15) is 12.1 Å². The van der Waals surface area contributed by atoms with E-state index in [1.54, 1.807) is 13.3 Å². The SMILES string of the molecule is CC(F)CCc1cccc(-c2ccc3ncnc(Nc4ccccc4)c3c2)c1. The van der Waals surface area contributed by atoms with E-state index in [-0.39, 0.29) is 0 Å². The van der Waals surface area contributed by atoms with Crippen LogP contribution in [0.1, 0.15) is 18.9 Å². The summed E-state index contributed by atoms with van der Waals surface area (Å²) in [6.45, 7) is 1.61. The molecule has 0 saturated carbocycles. The normalized spacial score (nSPS) is 12.1. The van der Waals surface area contributed by atoms with Gasteiger partial charge in [-0.3, -0.25) is 0 Å². The minimum atomic E-state index is -0.784. The van der Waals surface area contributed by atoms with Gasteiger partial charge in [0.25, 0.3) is 0 Å². The summed E-state index contributed by atoms with van der Waals surface area (Å²) in [5.41, 5.74) is 5.22. The predicted molar refractivity (Wildman–Crippen MR) is 114 cm³/mol. The van der Waals surface area contributed by atoms with Crippen molar-refractivity contribution in [1.29, 1.82) is 0 Å². The second-order valence-electron chi connectivity index (χ2n) is 6.97. The number of nitrogens with one attached hydrogen (secondary N) is 1. The Bertz CT molecular complexity index is 1080. The smallest absolute Gasteiger partial charge is 0.141 e. The van der Waals surface area contributed by atoms with Gasteiger partial charge in [-0.2, -0.15) is 0 Å². The third kappa shape index (κ3) is 4.17. The quantitative estimate of drug-likeness (QED) is 0.430. The molecular weight excluding hydrogens is 349 g/mol. The zero-order valence-electron chi connectivity index (χ0n) is 15.8. The molecule has 4 heteroatoms. The molecule has 0 fully saturated rings. The van der Waals surface area contributed by atoms with Crippen LogP contribution in [0.4, 0.5) is 15.9 Å². The number of anilines is 2. The molecule has 0 saturated heterocycles. The number of rotatable bonds is 6. The van der Waals surface area contributed by atoms with Crippen LogP contribution in [0.3, 0.4) is 0 Å². The maximum absolute atomic E-state index is 13.2. The summed E-state index contributed by atoms with van der Waals surface area (Å²) in [7, 11) is 0. The molecule has 0 radical (unpaired) electrons. The molecule has 4 aromatic rings. The van der Waals surface area contributed by atoms with Crippen LogP contribution in [0, 0.1) is 0 Å². The zero-order valence-corrected chi connectivity index (χ0v) is 15.8. The van der Waals surface area contributed by atoms with Crippen LogP contribution < -0.4 is 5.32 Å². The molecule has 1 heterocycles. The summed E-state index contributed by atoms with van der Waals surface area (Å²) >= 11 is 0. The summed E-state index contributed by atoms with van der Waals surface area (Å²) in [5, 5.41) is 4.34. The molecule has 1 unspecified atom stereocenters. The van der Waals surface area contributed by atoms with Gasteiger partial charge in [0.15, 0.2) is 0 Å². The first kappa shape index (κ1) is 18.1. The second kappa shape index (κ2) is 8.17. The summed E-state index contributed by atoms with van der Waals surface area (Å²) < 4.78 is 13.2. The van der Waals surface area contributed by atoms with Crippen LogP contribution in [0.15, 0.2) is 79.1 Å².